The van der Waals surface area contributed by atoms with Crippen LogP contribution in [-0.2, 0) is 26.2 Å². The molecule has 1 aliphatic rings. The molecular weight excluding hydrogens is 452 g/mol. The van der Waals surface area contributed by atoms with E-state index in [1.165, 1.54) is 11.2 Å². The Labute approximate surface area is 192 Å². The lowest BCUT2D eigenvalue weighted by Gasteiger charge is -2.30. The molecule has 10 heteroatoms. The largest absolute Gasteiger partial charge is 0.339 e. The van der Waals surface area contributed by atoms with E-state index in [2.05, 4.69) is 5.32 Å². The second-order valence-corrected chi connectivity index (χ2v) is 9.92. The van der Waals surface area contributed by atoms with E-state index < -0.39 is 21.7 Å². The highest BCUT2D eigenvalue weighted by Gasteiger charge is 2.32. The Kier molecular flexibility index (Phi) is 7.80. The van der Waals surface area contributed by atoms with E-state index in [-0.39, 0.29) is 35.7 Å². The molecule has 0 unspecified atom stereocenters. The molecule has 2 aromatic carbocycles. The van der Waals surface area contributed by atoms with Gasteiger partial charge in [-0.05, 0) is 55.7 Å². The molecule has 1 aliphatic heterocycles. The Bertz CT molecular complexity index is 1130. The smallest absolute Gasteiger partial charge is 0.243 e. The molecular formula is C23H27F2N3O4S. The summed E-state index contributed by atoms with van der Waals surface area (Å²) in [6.07, 6.45) is 0.616. The van der Waals surface area contributed by atoms with Gasteiger partial charge in [0.2, 0.25) is 21.8 Å². The number of hydrogen-bond acceptors (Lipinski definition) is 4. The molecule has 0 bridgehead atoms. The Hall–Kier alpha value is -2.85. The quantitative estimate of drug-likeness (QED) is 0.660. The Morgan fingerprint density at radius 2 is 1.79 bits per heavy atom. The van der Waals surface area contributed by atoms with Crippen molar-refractivity contribution >= 4 is 27.5 Å². The highest BCUT2D eigenvalue weighted by Crippen LogP contribution is 2.26. The van der Waals surface area contributed by atoms with E-state index in [4.69, 9.17) is 0 Å². The molecule has 7 nitrogen and oxygen atoms in total. The van der Waals surface area contributed by atoms with E-state index >= 15 is 0 Å². The highest BCUT2D eigenvalue weighted by atomic mass is 32.2. The van der Waals surface area contributed by atoms with Gasteiger partial charge in [-0.25, -0.2) is 17.2 Å². The molecule has 0 spiro atoms. The van der Waals surface area contributed by atoms with Crippen LogP contribution in [-0.4, -0.2) is 49.1 Å². The highest BCUT2D eigenvalue weighted by molar-refractivity contribution is 7.89. The zero-order valence-electron chi connectivity index (χ0n) is 18.6. The van der Waals surface area contributed by atoms with Crippen molar-refractivity contribution in [2.24, 2.45) is 5.92 Å². The molecule has 1 fully saturated rings. The van der Waals surface area contributed by atoms with Crippen LogP contribution < -0.4 is 5.32 Å². The summed E-state index contributed by atoms with van der Waals surface area (Å²) in [4.78, 5) is 25.8. The van der Waals surface area contributed by atoms with Crippen LogP contribution in [0.15, 0.2) is 47.4 Å². The molecule has 2 aromatic rings. The van der Waals surface area contributed by atoms with Gasteiger partial charge in [0.1, 0.15) is 0 Å². The van der Waals surface area contributed by atoms with E-state index in [9.17, 15) is 26.8 Å². The number of piperidine rings is 1. The number of carbonyl (C=O) groups excluding carboxylic acids is 2. The first-order valence-electron chi connectivity index (χ1n) is 10.7. The summed E-state index contributed by atoms with van der Waals surface area (Å²) in [5.41, 5.74) is 1.49. The van der Waals surface area contributed by atoms with Gasteiger partial charge in [0.15, 0.2) is 11.6 Å². The number of rotatable bonds is 7. The van der Waals surface area contributed by atoms with Crippen LogP contribution in [0, 0.1) is 17.6 Å². The van der Waals surface area contributed by atoms with Crippen LogP contribution in [0.3, 0.4) is 0 Å². The predicted octanol–water partition coefficient (Wildman–Crippen LogP) is 3.37. The van der Waals surface area contributed by atoms with E-state index in [0.29, 0.717) is 37.7 Å². The molecule has 0 radical (unpaired) electrons. The molecule has 2 amide bonds. The zero-order chi connectivity index (χ0) is 24.2. The van der Waals surface area contributed by atoms with Crippen molar-refractivity contribution in [1.82, 2.24) is 9.21 Å². The molecule has 1 heterocycles. The summed E-state index contributed by atoms with van der Waals surface area (Å²) in [7, 11) is -3.97. The summed E-state index contributed by atoms with van der Waals surface area (Å²) in [6.45, 7) is 4.63. The van der Waals surface area contributed by atoms with Gasteiger partial charge in [0.25, 0.3) is 0 Å². The Morgan fingerprint density at radius 1 is 1.09 bits per heavy atom. The van der Waals surface area contributed by atoms with Crippen LogP contribution in [0.5, 0.6) is 0 Å². The molecule has 33 heavy (non-hydrogen) atoms. The van der Waals surface area contributed by atoms with Crippen LogP contribution in [0.25, 0.3) is 0 Å². The number of anilines is 1. The van der Waals surface area contributed by atoms with E-state index in [1.54, 1.807) is 17.0 Å². The lowest BCUT2D eigenvalue weighted by Crippen LogP contribution is -2.41. The molecule has 1 saturated heterocycles. The topological polar surface area (TPSA) is 86.8 Å². The fourth-order valence-electron chi connectivity index (χ4n) is 3.80. The van der Waals surface area contributed by atoms with Gasteiger partial charge in [-0.2, -0.15) is 4.31 Å². The third-order valence-corrected chi connectivity index (χ3v) is 7.64. The zero-order valence-corrected chi connectivity index (χ0v) is 19.4. The second kappa shape index (κ2) is 10.4. The SMILES string of the molecule is CCN(Cc1cccc(NC(=O)C2CCN(S(=O)(=O)c3ccc(F)c(F)c3)CC2)c1)C(C)=O. The fourth-order valence-corrected chi connectivity index (χ4v) is 5.28. The van der Waals surface area contributed by atoms with Crippen molar-refractivity contribution in [3.05, 3.63) is 59.7 Å². The number of sulfonamides is 1. The number of benzene rings is 2. The van der Waals surface area contributed by atoms with Crippen LogP contribution in [0.1, 0.15) is 32.3 Å². The minimum absolute atomic E-state index is 0.0305. The van der Waals surface area contributed by atoms with Gasteiger partial charge >= 0.3 is 0 Å². The third-order valence-electron chi connectivity index (χ3n) is 5.75. The fraction of sp³-hybridized carbons (Fsp3) is 0.391. The summed E-state index contributed by atoms with van der Waals surface area (Å²) >= 11 is 0. The molecule has 1 N–H and O–H groups in total. The molecule has 0 atom stereocenters. The maximum Gasteiger partial charge on any atom is 0.243 e. The van der Waals surface area contributed by atoms with Gasteiger partial charge in [-0.1, -0.05) is 12.1 Å². The monoisotopic (exact) mass is 479 g/mol. The maximum atomic E-state index is 13.5. The summed E-state index contributed by atoms with van der Waals surface area (Å²) in [5.74, 6) is -2.96. The minimum atomic E-state index is -3.97. The van der Waals surface area contributed by atoms with Gasteiger partial charge in [-0.3, -0.25) is 9.59 Å². The lowest BCUT2D eigenvalue weighted by molar-refractivity contribution is -0.129. The van der Waals surface area contributed by atoms with Crippen molar-refractivity contribution in [2.75, 3.05) is 25.0 Å². The second-order valence-electron chi connectivity index (χ2n) is 7.98. The number of amides is 2. The maximum absolute atomic E-state index is 13.5. The van der Waals surface area contributed by atoms with Crippen molar-refractivity contribution in [2.45, 2.75) is 38.1 Å². The van der Waals surface area contributed by atoms with Crippen LogP contribution in [0.4, 0.5) is 14.5 Å². The van der Waals surface area contributed by atoms with Gasteiger partial charge in [-0.15, -0.1) is 0 Å². The standard InChI is InChI=1S/C23H27F2N3O4S/c1-3-27(16(2)29)15-17-5-4-6-19(13-17)26-23(30)18-9-11-28(12-10-18)33(31,32)20-7-8-21(24)22(25)14-20/h4-8,13-14,18H,3,9-12,15H2,1-2H3,(H,26,30). The first-order valence-corrected chi connectivity index (χ1v) is 12.2. The number of nitrogens with zero attached hydrogens (tertiary/aromatic N) is 2. The minimum Gasteiger partial charge on any atom is -0.339 e. The average Bonchev–Trinajstić information content (AvgIpc) is 2.79. The Morgan fingerprint density at radius 3 is 2.39 bits per heavy atom. The van der Waals surface area contributed by atoms with Gasteiger partial charge in [0, 0.05) is 44.7 Å². The van der Waals surface area contributed by atoms with Gasteiger partial charge < -0.3 is 10.2 Å². The number of halogens is 2. The summed E-state index contributed by atoms with van der Waals surface area (Å²) in [5, 5.41) is 2.87. The van der Waals surface area contributed by atoms with E-state index in [0.717, 1.165) is 17.7 Å². The predicted molar refractivity (Wildman–Crippen MR) is 120 cm³/mol. The molecule has 3 rings (SSSR count). The number of carbonyl (C=O) groups is 2. The lowest BCUT2D eigenvalue weighted by atomic mass is 9.97. The summed E-state index contributed by atoms with van der Waals surface area (Å²) in [6, 6.07) is 9.74. The number of hydrogen-bond donors (Lipinski definition) is 1. The first kappa shape index (κ1) is 24.8. The number of nitrogens with one attached hydrogen (secondary N) is 1. The molecule has 0 aromatic heterocycles. The average molecular weight is 480 g/mol. The van der Waals surface area contributed by atoms with Crippen molar-refractivity contribution in [1.29, 1.82) is 0 Å². The van der Waals surface area contributed by atoms with Crippen LogP contribution >= 0.6 is 0 Å². The molecule has 0 aliphatic carbocycles. The van der Waals surface area contributed by atoms with E-state index in [1.807, 2.05) is 19.1 Å². The molecule has 0 saturated carbocycles. The van der Waals surface area contributed by atoms with Gasteiger partial charge in [0.05, 0.1) is 4.90 Å². The summed E-state index contributed by atoms with van der Waals surface area (Å²) < 4.78 is 53.3. The first-order chi connectivity index (χ1) is 15.6. The van der Waals surface area contributed by atoms with Crippen molar-refractivity contribution in [3.63, 3.8) is 0 Å². The third kappa shape index (κ3) is 5.94. The Balaban J connectivity index is 1.60. The van der Waals surface area contributed by atoms with Crippen molar-refractivity contribution in [3.8, 4) is 0 Å². The van der Waals surface area contributed by atoms with Crippen molar-refractivity contribution < 1.29 is 26.8 Å². The molecule has 178 valence electrons. The van der Waals surface area contributed by atoms with Crippen LogP contribution in [0.2, 0.25) is 0 Å². The normalized spacial score (nSPS) is 15.3.